The highest BCUT2D eigenvalue weighted by atomic mass is 35.5. The molecule has 20 heavy (non-hydrogen) atoms. The summed E-state index contributed by atoms with van der Waals surface area (Å²) in [4.78, 5) is 4.37. The van der Waals surface area contributed by atoms with Gasteiger partial charge in [-0.1, -0.05) is 23.7 Å². The van der Waals surface area contributed by atoms with Crippen LogP contribution in [0.5, 0.6) is 0 Å². The van der Waals surface area contributed by atoms with Gasteiger partial charge in [-0.3, -0.25) is 0 Å². The fourth-order valence-corrected chi connectivity index (χ4v) is 2.34. The summed E-state index contributed by atoms with van der Waals surface area (Å²) in [6.45, 7) is 11.3. The number of hydrogen-bond acceptors (Lipinski definition) is 2. The second-order valence-corrected chi connectivity index (χ2v) is 6.54. The van der Waals surface area contributed by atoms with E-state index in [1.165, 1.54) is 5.56 Å². The Balaban J connectivity index is 2.44. The van der Waals surface area contributed by atoms with E-state index in [1.807, 2.05) is 25.4 Å². The van der Waals surface area contributed by atoms with Crippen LogP contribution in [-0.4, -0.2) is 15.1 Å². The summed E-state index contributed by atoms with van der Waals surface area (Å²) in [6.07, 6.45) is 1.84. The molecule has 0 saturated carbocycles. The fourth-order valence-electron chi connectivity index (χ4n) is 2.06. The Morgan fingerprint density at radius 2 is 1.95 bits per heavy atom. The summed E-state index contributed by atoms with van der Waals surface area (Å²) in [5, 5.41) is 4.26. The van der Waals surface area contributed by atoms with Crippen LogP contribution < -0.4 is 5.32 Å². The third kappa shape index (κ3) is 3.22. The van der Waals surface area contributed by atoms with Gasteiger partial charge < -0.3 is 9.88 Å². The summed E-state index contributed by atoms with van der Waals surface area (Å²) >= 11 is 6.42. The standard InChI is InChI=1S/C16H22ClN3/c1-11-12(2)20(10-18-11)15-13(7-6-8-14(15)17)9-19-16(3,4)5/h6-8,10,19H,9H2,1-5H3. The number of benzene rings is 1. The number of para-hydroxylation sites is 1. The molecule has 0 unspecified atom stereocenters. The van der Waals surface area contributed by atoms with Crippen molar-refractivity contribution < 1.29 is 0 Å². The Morgan fingerprint density at radius 1 is 1.25 bits per heavy atom. The molecule has 0 aliphatic carbocycles. The zero-order chi connectivity index (χ0) is 14.9. The fraction of sp³-hybridized carbons (Fsp3) is 0.438. The van der Waals surface area contributed by atoms with Gasteiger partial charge in [-0.2, -0.15) is 0 Å². The quantitative estimate of drug-likeness (QED) is 0.925. The van der Waals surface area contributed by atoms with E-state index in [0.29, 0.717) is 0 Å². The summed E-state index contributed by atoms with van der Waals surface area (Å²) < 4.78 is 2.07. The van der Waals surface area contributed by atoms with E-state index < -0.39 is 0 Å². The molecular weight excluding hydrogens is 270 g/mol. The Kier molecular flexibility index (Phi) is 4.21. The molecule has 108 valence electrons. The Hall–Kier alpha value is -1.32. The average Bonchev–Trinajstić information content (AvgIpc) is 2.67. The maximum absolute atomic E-state index is 6.42. The van der Waals surface area contributed by atoms with Crippen molar-refractivity contribution in [1.82, 2.24) is 14.9 Å². The number of nitrogens with zero attached hydrogens (tertiary/aromatic N) is 2. The Labute approximate surface area is 126 Å². The number of nitrogens with one attached hydrogen (secondary N) is 1. The maximum Gasteiger partial charge on any atom is 0.0998 e. The van der Waals surface area contributed by atoms with Gasteiger partial charge in [-0.25, -0.2) is 4.98 Å². The molecular formula is C16H22ClN3. The number of hydrogen-bond donors (Lipinski definition) is 1. The van der Waals surface area contributed by atoms with Crippen molar-refractivity contribution in [2.75, 3.05) is 0 Å². The molecule has 0 saturated heterocycles. The number of aryl methyl sites for hydroxylation is 1. The van der Waals surface area contributed by atoms with Crippen LogP contribution in [0.2, 0.25) is 5.02 Å². The minimum Gasteiger partial charge on any atom is -0.308 e. The van der Waals surface area contributed by atoms with E-state index in [-0.39, 0.29) is 5.54 Å². The van der Waals surface area contributed by atoms with E-state index >= 15 is 0 Å². The molecule has 0 amide bonds. The molecule has 0 atom stereocenters. The van der Waals surface area contributed by atoms with Crippen LogP contribution >= 0.6 is 11.6 Å². The van der Waals surface area contributed by atoms with Gasteiger partial charge in [0, 0.05) is 17.8 Å². The smallest absolute Gasteiger partial charge is 0.0998 e. The monoisotopic (exact) mass is 291 g/mol. The Morgan fingerprint density at radius 3 is 2.50 bits per heavy atom. The lowest BCUT2D eigenvalue weighted by atomic mass is 10.1. The molecule has 2 rings (SSSR count). The SMILES string of the molecule is Cc1ncn(-c2c(Cl)cccc2CNC(C)(C)C)c1C. The summed E-state index contributed by atoms with van der Waals surface area (Å²) in [6, 6.07) is 6.02. The zero-order valence-corrected chi connectivity index (χ0v) is 13.5. The van der Waals surface area contributed by atoms with E-state index in [1.54, 1.807) is 0 Å². The minimum atomic E-state index is 0.0689. The van der Waals surface area contributed by atoms with Crippen LogP contribution in [0.4, 0.5) is 0 Å². The molecule has 1 aromatic carbocycles. The van der Waals surface area contributed by atoms with Crippen molar-refractivity contribution >= 4 is 11.6 Å². The Bertz CT molecular complexity index is 609. The second-order valence-electron chi connectivity index (χ2n) is 6.14. The first-order valence-electron chi connectivity index (χ1n) is 6.83. The van der Waals surface area contributed by atoms with Gasteiger partial charge in [-0.05, 0) is 46.2 Å². The van der Waals surface area contributed by atoms with Crippen molar-refractivity contribution in [3.63, 3.8) is 0 Å². The third-order valence-electron chi connectivity index (χ3n) is 3.37. The first-order valence-corrected chi connectivity index (χ1v) is 7.21. The minimum absolute atomic E-state index is 0.0689. The van der Waals surface area contributed by atoms with Crippen LogP contribution in [0, 0.1) is 13.8 Å². The number of halogens is 1. The van der Waals surface area contributed by atoms with Gasteiger partial charge in [0.25, 0.3) is 0 Å². The second kappa shape index (κ2) is 5.58. The van der Waals surface area contributed by atoms with Crippen LogP contribution in [0.3, 0.4) is 0 Å². The zero-order valence-electron chi connectivity index (χ0n) is 12.8. The normalized spacial score (nSPS) is 11.9. The van der Waals surface area contributed by atoms with Crippen molar-refractivity contribution in [3.8, 4) is 5.69 Å². The van der Waals surface area contributed by atoms with Crippen molar-refractivity contribution in [2.45, 2.75) is 46.7 Å². The molecule has 0 aliphatic heterocycles. The first kappa shape index (κ1) is 15.1. The van der Waals surface area contributed by atoms with Crippen LogP contribution in [0.25, 0.3) is 5.69 Å². The van der Waals surface area contributed by atoms with Crippen LogP contribution in [0.15, 0.2) is 24.5 Å². The van der Waals surface area contributed by atoms with Crippen molar-refractivity contribution in [2.24, 2.45) is 0 Å². The first-order chi connectivity index (χ1) is 9.29. The molecule has 0 bridgehead atoms. The molecule has 0 radical (unpaired) electrons. The topological polar surface area (TPSA) is 29.9 Å². The van der Waals surface area contributed by atoms with Crippen molar-refractivity contribution in [3.05, 3.63) is 46.5 Å². The molecule has 1 aromatic heterocycles. The van der Waals surface area contributed by atoms with E-state index in [0.717, 1.165) is 28.6 Å². The van der Waals surface area contributed by atoms with Crippen LogP contribution in [0.1, 0.15) is 37.7 Å². The van der Waals surface area contributed by atoms with Gasteiger partial charge >= 0.3 is 0 Å². The molecule has 0 spiro atoms. The highest BCUT2D eigenvalue weighted by Gasteiger charge is 2.15. The van der Waals surface area contributed by atoms with E-state index in [2.05, 4.69) is 48.6 Å². The van der Waals surface area contributed by atoms with Gasteiger partial charge in [0.05, 0.1) is 22.7 Å². The van der Waals surface area contributed by atoms with E-state index in [9.17, 15) is 0 Å². The summed E-state index contributed by atoms with van der Waals surface area (Å²) in [7, 11) is 0. The molecule has 1 heterocycles. The summed E-state index contributed by atoms with van der Waals surface area (Å²) in [5.41, 5.74) is 4.41. The lowest BCUT2D eigenvalue weighted by Gasteiger charge is -2.22. The third-order valence-corrected chi connectivity index (χ3v) is 3.68. The molecule has 0 fully saturated rings. The molecule has 4 heteroatoms. The van der Waals surface area contributed by atoms with Gasteiger partial charge in [0.1, 0.15) is 0 Å². The number of rotatable bonds is 3. The lowest BCUT2D eigenvalue weighted by molar-refractivity contribution is 0.424. The molecule has 3 nitrogen and oxygen atoms in total. The number of imidazole rings is 1. The predicted octanol–water partition coefficient (Wildman–Crippen LogP) is 4.03. The molecule has 2 aromatic rings. The van der Waals surface area contributed by atoms with Crippen molar-refractivity contribution in [1.29, 1.82) is 0 Å². The van der Waals surface area contributed by atoms with Gasteiger partial charge in [0.15, 0.2) is 0 Å². The largest absolute Gasteiger partial charge is 0.308 e. The molecule has 0 aliphatic rings. The highest BCUT2D eigenvalue weighted by Crippen LogP contribution is 2.26. The molecule has 1 N–H and O–H groups in total. The lowest BCUT2D eigenvalue weighted by Crippen LogP contribution is -2.35. The van der Waals surface area contributed by atoms with Gasteiger partial charge in [-0.15, -0.1) is 0 Å². The maximum atomic E-state index is 6.42. The van der Waals surface area contributed by atoms with Crippen LogP contribution in [-0.2, 0) is 6.54 Å². The highest BCUT2D eigenvalue weighted by molar-refractivity contribution is 6.32. The van der Waals surface area contributed by atoms with Gasteiger partial charge in [0.2, 0.25) is 0 Å². The summed E-state index contributed by atoms with van der Waals surface area (Å²) in [5.74, 6) is 0. The number of aromatic nitrogens is 2. The predicted molar refractivity (Wildman–Crippen MR) is 84.6 cm³/mol. The van der Waals surface area contributed by atoms with E-state index in [4.69, 9.17) is 11.6 Å². The average molecular weight is 292 g/mol.